The van der Waals surface area contributed by atoms with E-state index in [1.54, 1.807) is 0 Å². The molecule has 0 fully saturated rings. The van der Waals surface area contributed by atoms with Crippen LogP contribution in [0.3, 0.4) is 0 Å². The summed E-state index contributed by atoms with van der Waals surface area (Å²) in [6.07, 6.45) is 3.14. The van der Waals surface area contributed by atoms with Crippen LogP contribution < -0.4 is 5.73 Å². The van der Waals surface area contributed by atoms with Crippen molar-refractivity contribution in [3.8, 4) is 0 Å². The summed E-state index contributed by atoms with van der Waals surface area (Å²) in [6, 6.07) is 0. The Morgan fingerprint density at radius 3 is 2.67 bits per heavy atom. The fourth-order valence-corrected chi connectivity index (χ4v) is 0.465. The van der Waals surface area contributed by atoms with Crippen molar-refractivity contribution in [3.05, 3.63) is 11.8 Å². The van der Waals surface area contributed by atoms with Crippen molar-refractivity contribution in [1.82, 2.24) is 0 Å². The third-order valence-corrected chi connectivity index (χ3v) is 0.989. The van der Waals surface area contributed by atoms with Gasteiger partial charge in [-0.25, -0.2) is 0 Å². The molecule has 0 unspecified atom stereocenters. The Bertz CT molecular complexity index is 110. The third-order valence-electron chi connectivity index (χ3n) is 0.989. The van der Waals surface area contributed by atoms with Crippen LogP contribution in [0.25, 0.3) is 0 Å². The molecule has 0 aliphatic heterocycles. The van der Waals surface area contributed by atoms with E-state index in [2.05, 4.69) is 0 Å². The lowest BCUT2D eigenvalue weighted by Crippen LogP contribution is -1.92. The van der Waals surface area contributed by atoms with E-state index in [0.29, 0.717) is 24.7 Å². The summed E-state index contributed by atoms with van der Waals surface area (Å²) < 4.78 is 0. The van der Waals surface area contributed by atoms with Crippen molar-refractivity contribution in [1.29, 1.82) is 0 Å². The van der Waals surface area contributed by atoms with Gasteiger partial charge in [-0.15, -0.1) is 0 Å². The first-order valence-corrected chi connectivity index (χ1v) is 2.82. The number of hydrogen-bond donors (Lipinski definition) is 2. The van der Waals surface area contributed by atoms with E-state index in [9.17, 15) is 4.79 Å². The molecule has 9 heavy (non-hydrogen) atoms. The first kappa shape index (κ1) is 8.17. The van der Waals surface area contributed by atoms with Gasteiger partial charge in [0, 0.05) is 18.4 Å². The highest BCUT2D eigenvalue weighted by Crippen LogP contribution is 1.97. The predicted molar refractivity (Wildman–Crippen MR) is 34.7 cm³/mol. The lowest BCUT2D eigenvalue weighted by atomic mass is 10.2. The van der Waals surface area contributed by atoms with E-state index in [1.165, 1.54) is 6.20 Å². The topological polar surface area (TPSA) is 63.3 Å². The molecule has 0 saturated heterocycles. The number of aldehydes is 1. The molecule has 0 aromatic rings. The fraction of sp³-hybridized carbons (Fsp3) is 0.500. The molecule has 0 rings (SSSR count). The van der Waals surface area contributed by atoms with Gasteiger partial charge in [0.25, 0.3) is 0 Å². The van der Waals surface area contributed by atoms with Crippen molar-refractivity contribution in [2.24, 2.45) is 5.73 Å². The molecular formula is C6H11NO2. The van der Waals surface area contributed by atoms with Gasteiger partial charge in [0.15, 0.2) is 0 Å². The van der Waals surface area contributed by atoms with Crippen LogP contribution in [-0.2, 0) is 4.79 Å². The van der Waals surface area contributed by atoms with Crippen molar-refractivity contribution < 1.29 is 9.90 Å². The normalized spacial score (nSPS) is 11.4. The lowest BCUT2D eigenvalue weighted by molar-refractivity contribution is -0.105. The summed E-state index contributed by atoms with van der Waals surface area (Å²) >= 11 is 0. The number of aliphatic hydroxyl groups is 1. The van der Waals surface area contributed by atoms with E-state index >= 15 is 0 Å². The van der Waals surface area contributed by atoms with Gasteiger partial charge >= 0.3 is 0 Å². The Hall–Kier alpha value is -0.830. The van der Waals surface area contributed by atoms with E-state index in [-0.39, 0.29) is 6.61 Å². The molecule has 0 radical (unpaired) electrons. The number of aliphatic hydroxyl groups excluding tert-OH is 1. The number of nitrogens with two attached hydrogens (primary N) is 1. The summed E-state index contributed by atoms with van der Waals surface area (Å²) in [5, 5.41) is 8.32. The predicted octanol–water partition coefficient (Wildman–Crippen LogP) is -0.200. The highest BCUT2D eigenvalue weighted by atomic mass is 16.2. The van der Waals surface area contributed by atoms with Crippen LogP contribution in [0.5, 0.6) is 0 Å². The van der Waals surface area contributed by atoms with Gasteiger partial charge in [0.1, 0.15) is 6.29 Å². The molecule has 0 bridgehead atoms. The molecule has 0 atom stereocenters. The van der Waals surface area contributed by atoms with Gasteiger partial charge in [-0.05, 0) is 12.8 Å². The number of hydrogen-bond acceptors (Lipinski definition) is 3. The highest BCUT2D eigenvalue weighted by molar-refractivity contribution is 5.72. The van der Waals surface area contributed by atoms with Gasteiger partial charge in [0.2, 0.25) is 0 Å². The second-order valence-corrected chi connectivity index (χ2v) is 1.69. The second kappa shape index (κ2) is 5.31. The summed E-state index contributed by atoms with van der Waals surface area (Å²) in [4.78, 5) is 10.0. The van der Waals surface area contributed by atoms with Crippen LogP contribution in [0.15, 0.2) is 11.8 Å². The molecule has 0 aromatic heterocycles. The van der Waals surface area contributed by atoms with Crippen LogP contribution in [0, 0.1) is 0 Å². The summed E-state index contributed by atoms with van der Waals surface area (Å²) in [7, 11) is 0. The zero-order valence-electron chi connectivity index (χ0n) is 5.21. The molecule has 0 saturated carbocycles. The Morgan fingerprint density at radius 1 is 1.67 bits per heavy atom. The van der Waals surface area contributed by atoms with E-state index < -0.39 is 0 Å². The third kappa shape index (κ3) is 3.73. The van der Waals surface area contributed by atoms with Crippen molar-refractivity contribution in [2.45, 2.75) is 12.8 Å². The van der Waals surface area contributed by atoms with Crippen molar-refractivity contribution >= 4 is 6.29 Å². The Morgan fingerprint density at radius 2 is 2.33 bits per heavy atom. The molecule has 0 aliphatic rings. The smallest absolute Gasteiger partial charge is 0.147 e. The maximum atomic E-state index is 10.0. The molecule has 0 aliphatic carbocycles. The Kier molecular flexibility index (Phi) is 4.82. The summed E-state index contributed by atoms with van der Waals surface area (Å²) in [5.74, 6) is 0. The molecule has 0 heterocycles. The van der Waals surface area contributed by atoms with Gasteiger partial charge < -0.3 is 10.8 Å². The molecule has 3 N–H and O–H groups in total. The zero-order valence-corrected chi connectivity index (χ0v) is 5.21. The minimum Gasteiger partial charge on any atom is -0.404 e. The molecule has 3 nitrogen and oxygen atoms in total. The van der Waals surface area contributed by atoms with Crippen LogP contribution in [0.1, 0.15) is 12.8 Å². The van der Waals surface area contributed by atoms with E-state index in [1.807, 2.05) is 0 Å². The largest absolute Gasteiger partial charge is 0.404 e. The molecule has 52 valence electrons. The summed E-state index contributed by atoms with van der Waals surface area (Å²) in [6.45, 7) is 0.102. The molecule has 0 aromatic carbocycles. The van der Waals surface area contributed by atoms with Crippen LogP contribution >= 0.6 is 0 Å². The second-order valence-electron chi connectivity index (χ2n) is 1.69. The van der Waals surface area contributed by atoms with Gasteiger partial charge in [-0.2, -0.15) is 0 Å². The standard InChI is InChI=1S/C6H11NO2/c7-4-6(5-9)2-1-3-8/h4-5,8H,1-3,7H2. The highest BCUT2D eigenvalue weighted by Gasteiger charge is 1.91. The SMILES string of the molecule is NC=C(C=O)CCCO. The minimum absolute atomic E-state index is 0.102. The first-order valence-electron chi connectivity index (χ1n) is 2.82. The lowest BCUT2D eigenvalue weighted by Gasteiger charge is -1.92. The monoisotopic (exact) mass is 129 g/mol. The number of rotatable bonds is 4. The van der Waals surface area contributed by atoms with Gasteiger partial charge in [-0.1, -0.05) is 0 Å². The maximum absolute atomic E-state index is 10.0. The minimum atomic E-state index is 0.102. The van der Waals surface area contributed by atoms with E-state index in [4.69, 9.17) is 10.8 Å². The quantitative estimate of drug-likeness (QED) is 0.408. The van der Waals surface area contributed by atoms with Gasteiger partial charge in [-0.3, -0.25) is 4.79 Å². The van der Waals surface area contributed by atoms with Crippen LogP contribution in [0.4, 0.5) is 0 Å². The van der Waals surface area contributed by atoms with Crippen LogP contribution in [-0.4, -0.2) is 18.0 Å². The Balaban J connectivity index is 3.45. The van der Waals surface area contributed by atoms with Crippen molar-refractivity contribution in [3.63, 3.8) is 0 Å². The number of carbonyl (C=O) groups excluding carboxylic acids is 1. The van der Waals surface area contributed by atoms with Crippen molar-refractivity contribution in [2.75, 3.05) is 6.61 Å². The zero-order chi connectivity index (χ0) is 7.11. The average molecular weight is 129 g/mol. The number of allylic oxidation sites excluding steroid dienone is 1. The molecule has 0 amide bonds. The first-order chi connectivity index (χ1) is 4.35. The molecular weight excluding hydrogens is 118 g/mol. The summed E-state index contributed by atoms with van der Waals surface area (Å²) in [5.41, 5.74) is 5.59. The fourth-order valence-electron chi connectivity index (χ4n) is 0.465. The average Bonchev–Trinajstić information content (AvgIpc) is 1.91. The molecule has 3 heteroatoms. The van der Waals surface area contributed by atoms with E-state index in [0.717, 1.165) is 0 Å². The van der Waals surface area contributed by atoms with Crippen LogP contribution in [0.2, 0.25) is 0 Å². The number of carbonyl (C=O) groups is 1. The molecule has 0 spiro atoms. The van der Waals surface area contributed by atoms with Gasteiger partial charge in [0.05, 0.1) is 0 Å². The Labute approximate surface area is 54.2 Å². The maximum Gasteiger partial charge on any atom is 0.147 e.